The van der Waals surface area contributed by atoms with Crippen LogP contribution in [0.3, 0.4) is 0 Å². The first-order valence-electron chi connectivity index (χ1n) is 8.22. The lowest BCUT2D eigenvalue weighted by atomic mass is 10.2. The van der Waals surface area contributed by atoms with Gasteiger partial charge in [-0.25, -0.2) is 0 Å². The van der Waals surface area contributed by atoms with Crippen LogP contribution in [0.15, 0.2) is 24.3 Å². The van der Waals surface area contributed by atoms with Crippen molar-refractivity contribution in [2.24, 2.45) is 0 Å². The average molecular weight is 320 g/mol. The highest BCUT2D eigenvalue weighted by Gasteiger charge is 2.24. The minimum Gasteiger partial charge on any atom is -0.486 e. The molecule has 0 unspecified atom stereocenters. The summed E-state index contributed by atoms with van der Waals surface area (Å²) in [7, 11) is 1.81. The van der Waals surface area contributed by atoms with Crippen LogP contribution in [0.2, 0.25) is 0 Å². The number of hydrogen-bond donors (Lipinski definition) is 0. The highest BCUT2D eigenvalue weighted by Crippen LogP contribution is 2.30. The van der Waals surface area contributed by atoms with Gasteiger partial charge in [-0.15, -0.1) is 0 Å². The topological polar surface area (TPSA) is 51.2 Å². The van der Waals surface area contributed by atoms with Gasteiger partial charge in [0.15, 0.2) is 17.6 Å². The fourth-order valence-electron chi connectivity index (χ4n) is 2.80. The van der Waals surface area contributed by atoms with E-state index in [9.17, 15) is 4.79 Å². The van der Waals surface area contributed by atoms with Gasteiger partial charge in [0, 0.05) is 26.6 Å². The second-order valence-corrected chi connectivity index (χ2v) is 5.99. The molecule has 0 aliphatic carbocycles. The summed E-state index contributed by atoms with van der Waals surface area (Å²) in [5.74, 6) is 1.60. The van der Waals surface area contributed by atoms with Crippen molar-refractivity contribution in [3.63, 3.8) is 0 Å². The molecule has 2 heterocycles. The number of nitrogens with zero attached hydrogens (tertiary/aromatic N) is 2. The number of amides is 1. The molecule has 0 bridgehead atoms. The number of para-hydroxylation sites is 2. The first-order valence-corrected chi connectivity index (χ1v) is 8.22. The minimum absolute atomic E-state index is 0.0987. The summed E-state index contributed by atoms with van der Waals surface area (Å²) in [6, 6.07) is 7.61. The molecule has 0 spiro atoms. The molecule has 0 N–H and O–H groups in total. The first kappa shape index (κ1) is 16.1. The summed E-state index contributed by atoms with van der Waals surface area (Å²) in [4.78, 5) is 19.5. The van der Waals surface area contributed by atoms with Gasteiger partial charge in [0.2, 0.25) is 5.91 Å². The van der Waals surface area contributed by atoms with Crippen molar-refractivity contribution in [3.8, 4) is 11.5 Å². The van der Waals surface area contributed by atoms with E-state index < -0.39 is 0 Å². The second-order valence-electron chi connectivity index (χ2n) is 5.99. The van der Waals surface area contributed by atoms with Crippen molar-refractivity contribution in [1.82, 2.24) is 9.96 Å². The van der Waals surface area contributed by atoms with Crippen LogP contribution in [0.5, 0.6) is 11.5 Å². The van der Waals surface area contributed by atoms with Crippen LogP contribution in [0, 0.1) is 0 Å². The van der Waals surface area contributed by atoms with E-state index in [2.05, 4.69) is 0 Å². The normalized spacial score (nSPS) is 21.0. The molecule has 2 aliphatic rings. The summed E-state index contributed by atoms with van der Waals surface area (Å²) in [5, 5.41) is 1.89. The Hall–Kier alpha value is -1.79. The van der Waals surface area contributed by atoms with E-state index in [-0.39, 0.29) is 12.0 Å². The van der Waals surface area contributed by atoms with E-state index in [1.807, 2.05) is 36.4 Å². The number of fused-ring (bicyclic) bond motifs is 1. The first-order chi connectivity index (χ1) is 11.2. The Morgan fingerprint density at radius 2 is 2.13 bits per heavy atom. The second kappa shape index (κ2) is 7.66. The van der Waals surface area contributed by atoms with Crippen molar-refractivity contribution >= 4 is 5.91 Å². The summed E-state index contributed by atoms with van der Waals surface area (Å²) < 4.78 is 11.6. The van der Waals surface area contributed by atoms with Gasteiger partial charge in [0.05, 0.1) is 13.2 Å². The predicted molar refractivity (Wildman–Crippen MR) is 85.4 cm³/mol. The van der Waals surface area contributed by atoms with E-state index in [1.54, 1.807) is 4.90 Å². The maximum atomic E-state index is 12.3. The van der Waals surface area contributed by atoms with E-state index in [1.165, 1.54) is 0 Å². The summed E-state index contributed by atoms with van der Waals surface area (Å²) >= 11 is 0. The van der Waals surface area contributed by atoms with Gasteiger partial charge in [-0.05, 0) is 25.0 Å². The number of hydroxylamine groups is 2. The maximum Gasteiger partial charge on any atom is 0.223 e. The lowest BCUT2D eigenvalue weighted by molar-refractivity contribution is -0.182. The minimum atomic E-state index is -0.134. The van der Waals surface area contributed by atoms with Gasteiger partial charge in [-0.1, -0.05) is 12.1 Å². The molecule has 6 heteroatoms. The fourth-order valence-corrected chi connectivity index (χ4v) is 2.80. The molecule has 126 valence electrons. The Labute approximate surface area is 136 Å². The Morgan fingerprint density at radius 1 is 1.30 bits per heavy atom. The molecule has 2 aliphatic heterocycles. The third-order valence-corrected chi connectivity index (χ3v) is 4.12. The monoisotopic (exact) mass is 320 g/mol. The van der Waals surface area contributed by atoms with Gasteiger partial charge >= 0.3 is 0 Å². The van der Waals surface area contributed by atoms with Gasteiger partial charge in [-0.3, -0.25) is 9.63 Å². The number of carbonyl (C=O) groups is 1. The molecule has 1 fully saturated rings. The highest BCUT2D eigenvalue weighted by molar-refractivity contribution is 5.76. The Kier molecular flexibility index (Phi) is 5.35. The number of rotatable bonds is 5. The predicted octanol–water partition coefficient (Wildman–Crippen LogP) is 1.70. The van der Waals surface area contributed by atoms with E-state index in [0.717, 1.165) is 37.5 Å². The molecule has 0 saturated carbocycles. The molecule has 1 saturated heterocycles. The Morgan fingerprint density at radius 3 is 2.91 bits per heavy atom. The molecule has 1 amide bonds. The highest BCUT2D eigenvalue weighted by atomic mass is 16.7. The van der Waals surface area contributed by atoms with Crippen LogP contribution in [0.25, 0.3) is 0 Å². The van der Waals surface area contributed by atoms with Crippen LogP contribution in [-0.2, 0) is 9.63 Å². The average Bonchev–Trinajstić information content (AvgIpc) is 2.60. The SMILES string of the molecule is CN(C[C@H]1COc2ccccc2O1)C(=O)CCN1CCCCO1. The zero-order valence-corrected chi connectivity index (χ0v) is 13.6. The lowest BCUT2D eigenvalue weighted by Crippen LogP contribution is -2.42. The number of likely N-dealkylation sites (N-methyl/N-ethyl adjacent to an activating group) is 1. The van der Waals surface area contributed by atoms with Crippen LogP contribution in [-0.4, -0.2) is 61.9 Å². The van der Waals surface area contributed by atoms with Gasteiger partial charge in [-0.2, -0.15) is 5.06 Å². The lowest BCUT2D eigenvalue weighted by Gasteiger charge is -2.30. The van der Waals surface area contributed by atoms with E-state index >= 15 is 0 Å². The quantitative estimate of drug-likeness (QED) is 0.826. The number of benzene rings is 1. The molecule has 1 aromatic carbocycles. The number of ether oxygens (including phenoxy) is 2. The molecule has 1 atom stereocenters. The zero-order valence-electron chi connectivity index (χ0n) is 13.6. The largest absolute Gasteiger partial charge is 0.486 e. The van der Waals surface area contributed by atoms with E-state index in [0.29, 0.717) is 26.1 Å². The molecule has 1 aromatic rings. The molecular weight excluding hydrogens is 296 g/mol. The Bertz CT molecular complexity index is 531. The molecule has 0 radical (unpaired) electrons. The summed E-state index contributed by atoms with van der Waals surface area (Å²) in [5.41, 5.74) is 0. The van der Waals surface area contributed by atoms with Crippen molar-refractivity contribution in [2.75, 3.05) is 39.9 Å². The van der Waals surface area contributed by atoms with Crippen LogP contribution < -0.4 is 9.47 Å². The number of hydrogen-bond acceptors (Lipinski definition) is 5. The van der Waals surface area contributed by atoms with Gasteiger partial charge in [0.1, 0.15) is 6.61 Å². The van der Waals surface area contributed by atoms with E-state index in [4.69, 9.17) is 14.3 Å². The fraction of sp³-hybridized carbons (Fsp3) is 0.588. The smallest absolute Gasteiger partial charge is 0.223 e. The van der Waals surface area contributed by atoms with Gasteiger partial charge in [0.25, 0.3) is 0 Å². The number of carbonyl (C=O) groups excluding carboxylic acids is 1. The maximum absolute atomic E-state index is 12.3. The Balaban J connectivity index is 1.43. The van der Waals surface area contributed by atoms with Crippen LogP contribution in [0.1, 0.15) is 19.3 Å². The van der Waals surface area contributed by atoms with Crippen molar-refractivity contribution in [1.29, 1.82) is 0 Å². The standard InChI is InChI=1S/C17H24N2O4/c1-18(17(20)8-10-19-9-4-5-11-22-19)12-14-13-21-15-6-2-3-7-16(15)23-14/h2-3,6-7,14H,4-5,8-13H2,1H3/t14-/m0/s1. The van der Waals surface area contributed by atoms with Crippen molar-refractivity contribution < 1.29 is 19.1 Å². The van der Waals surface area contributed by atoms with Crippen LogP contribution >= 0.6 is 0 Å². The third-order valence-electron chi connectivity index (χ3n) is 4.12. The molecule has 6 nitrogen and oxygen atoms in total. The summed E-state index contributed by atoms with van der Waals surface area (Å²) in [6.07, 6.45) is 2.56. The van der Waals surface area contributed by atoms with Gasteiger partial charge < -0.3 is 14.4 Å². The van der Waals surface area contributed by atoms with Crippen molar-refractivity contribution in [2.45, 2.75) is 25.4 Å². The molecular formula is C17H24N2O4. The zero-order chi connectivity index (χ0) is 16.1. The molecule has 23 heavy (non-hydrogen) atoms. The molecule has 3 rings (SSSR count). The van der Waals surface area contributed by atoms with Crippen LogP contribution in [0.4, 0.5) is 0 Å². The summed E-state index contributed by atoms with van der Waals surface area (Å²) in [6.45, 7) is 3.30. The third kappa shape index (κ3) is 4.36. The van der Waals surface area contributed by atoms with Crippen molar-refractivity contribution in [3.05, 3.63) is 24.3 Å². The molecule has 0 aromatic heterocycles.